The Labute approximate surface area is 82.3 Å². The minimum absolute atomic E-state index is 0.541. The van der Waals surface area contributed by atoms with Gasteiger partial charge in [0.2, 0.25) is 0 Å². The average molecular weight is 181 g/mol. The maximum atomic E-state index is 3.46. The Bertz CT molecular complexity index is 184. The van der Waals surface area contributed by atoms with Gasteiger partial charge < -0.3 is 5.32 Å². The van der Waals surface area contributed by atoms with Crippen LogP contribution < -0.4 is 5.32 Å². The molecule has 1 atom stereocenters. The molecular weight excluding hydrogens is 158 g/mol. The second-order valence-corrected chi connectivity index (χ2v) is 6.28. The van der Waals surface area contributed by atoms with Gasteiger partial charge in [0.15, 0.2) is 0 Å². The lowest BCUT2D eigenvalue weighted by molar-refractivity contribution is 0.270. The molecular formula is C12H23N. The Hall–Kier alpha value is -0.0400. The Balaban J connectivity index is 1.86. The van der Waals surface area contributed by atoms with E-state index >= 15 is 0 Å². The number of nitrogens with one attached hydrogen (secondary N) is 1. The molecule has 0 radical (unpaired) electrons. The fourth-order valence-electron chi connectivity index (χ4n) is 3.00. The molecule has 1 unspecified atom stereocenters. The third-order valence-corrected chi connectivity index (χ3v) is 3.82. The van der Waals surface area contributed by atoms with Crippen molar-refractivity contribution in [3.63, 3.8) is 0 Å². The molecule has 1 nitrogen and oxygen atoms in total. The Morgan fingerprint density at radius 3 is 2.38 bits per heavy atom. The molecule has 2 rings (SSSR count). The van der Waals surface area contributed by atoms with E-state index in [9.17, 15) is 0 Å². The first kappa shape index (κ1) is 9.51. The zero-order valence-electron chi connectivity index (χ0n) is 9.32. The second-order valence-electron chi connectivity index (χ2n) is 6.28. The fourth-order valence-corrected chi connectivity index (χ4v) is 3.00. The van der Waals surface area contributed by atoms with Gasteiger partial charge in [0.1, 0.15) is 0 Å². The van der Waals surface area contributed by atoms with Crippen molar-refractivity contribution in [3.05, 3.63) is 0 Å². The molecule has 13 heavy (non-hydrogen) atoms. The average Bonchev–Trinajstić information content (AvgIpc) is 2.60. The summed E-state index contributed by atoms with van der Waals surface area (Å²) in [5.41, 5.74) is 1.33. The van der Waals surface area contributed by atoms with E-state index in [1.165, 1.54) is 38.8 Å². The van der Waals surface area contributed by atoms with Gasteiger partial charge in [-0.1, -0.05) is 20.8 Å². The van der Waals surface area contributed by atoms with Crippen LogP contribution in [0.15, 0.2) is 0 Å². The lowest BCUT2D eigenvalue weighted by atomic mass is 9.84. The van der Waals surface area contributed by atoms with E-state index in [-0.39, 0.29) is 0 Å². The molecule has 1 saturated heterocycles. The summed E-state index contributed by atoms with van der Waals surface area (Å²) in [7, 11) is 0. The van der Waals surface area contributed by atoms with Crippen molar-refractivity contribution in [2.45, 2.75) is 46.5 Å². The maximum absolute atomic E-state index is 3.46. The molecule has 76 valence electrons. The van der Waals surface area contributed by atoms with Crippen LogP contribution in [-0.4, -0.2) is 13.1 Å². The van der Waals surface area contributed by atoms with Crippen LogP contribution in [0.4, 0.5) is 0 Å². The van der Waals surface area contributed by atoms with Gasteiger partial charge in [0, 0.05) is 0 Å². The highest BCUT2D eigenvalue weighted by Crippen LogP contribution is 2.62. The minimum atomic E-state index is 0.541. The van der Waals surface area contributed by atoms with Crippen molar-refractivity contribution < 1.29 is 0 Å². The molecule has 0 aromatic rings. The van der Waals surface area contributed by atoms with Gasteiger partial charge in [-0.3, -0.25) is 0 Å². The van der Waals surface area contributed by atoms with E-state index in [1.54, 1.807) is 0 Å². The van der Waals surface area contributed by atoms with Crippen LogP contribution in [0.25, 0.3) is 0 Å². The van der Waals surface area contributed by atoms with Gasteiger partial charge in [0.05, 0.1) is 0 Å². The van der Waals surface area contributed by atoms with Gasteiger partial charge >= 0.3 is 0 Å². The van der Waals surface area contributed by atoms with Crippen LogP contribution in [0.5, 0.6) is 0 Å². The highest BCUT2D eigenvalue weighted by atomic mass is 14.9. The van der Waals surface area contributed by atoms with Crippen LogP contribution in [0.3, 0.4) is 0 Å². The number of rotatable bonds is 1. The standard InChI is InChI=1S/C12H23N/c1-11(2,3)8-10-9-12(10)4-6-13-7-5-12/h10,13H,4-9H2,1-3H3. The van der Waals surface area contributed by atoms with Crippen LogP contribution in [-0.2, 0) is 0 Å². The quantitative estimate of drug-likeness (QED) is 0.656. The van der Waals surface area contributed by atoms with Gasteiger partial charge in [-0.05, 0) is 55.5 Å². The first-order valence-electron chi connectivity index (χ1n) is 5.73. The summed E-state index contributed by atoms with van der Waals surface area (Å²) in [6.07, 6.45) is 5.83. The van der Waals surface area contributed by atoms with Gasteiger partial charge in [-0.15, -0.1) is 0 Å². The highest BCUT2D eigenvalue weighted by molar-refractivity contribution is 5.05. The van der Waals surface area contributed by atoms with Crippen molar-refractivity contribution in [2.24, 2.45) is 16.7 Å². The lowest BCUT2D eigenvalue weighted by Gasteiger charge is -2.26. The Morgan fingerprint density at radius 1 is 1.23 bits per heavy atom. The SMILES string of the molecule is CC(C)(C)CC1CC12CCNCC2. The molecule has 0 aromatic heterocycles. The molecule has 1 spiro atoms. The zero-order chi connectivity index (χ0) is 9.53. The molecule has 0 amide bonds. The Morgan fingerprint density at radius 2 is 1.85 bits per heavy atom. The smallest absolute Gasteiger partial charge is 0.00435 e. The van der Waals surface area contributed by atoms with Crippen molar-refractivity contribution in [1.29, 1.82) is 0 Å². The summed E-state index contributed by atoms with van der Waals surface area (Å²) < 4.78 is 0. The molecule has 2 aliphatic rings. The third-order valence-electron chi connectivity index (χ3n) is 3.82. The molecule has 1 heterocycles. The molecule has 1 N–H and O–H groups in total. The topological polar surface area (TPSA) is 12.0 Å². The summed E-state index contributed by atoms with van der Waals surface area (Å²) in [5, 5.41) is 3.46. The largest absolute Gasteiger partial charge is 0.317 e. The monoisotopic (exact) mass is 181 g/mol. The summed E-state index contributed by atoms with van der Waals surface area (Å²) in [6.45, 7) is 9.65. The van der Waals surface area contributed by atoms with Crippen LogP contribution in [0.1, 0.15) is 46.5 Å². The number of hydrogen-bond donors (Lipinski definition) is 1. The first-order valence-corrected chi connectivity index (χ1v) is 5.73. The van der Waals surface area contributed by atoms with Crippen LogP contribution in [0.2, 0.25) is 0 Å². The molecule has 2 fully saturated rings. The molecule has 1 heteroatoms. The van der Waals surface area contributed by atoms with Gasteiger partial charge in [0.25, 0.3) is 0 Å². The van der Waals surface area contributed by atoms with E-state index in [0.29, 0.717) is 5.41 Å². The minimum Gasteiger partial charge on any atom is -0.317 e. The molecule has 0 aromatic carbocycles. The van der Waals surface area contributed by atoms with Crippen LogP contribution in [0, 0.1) is 16.7 Å². The molecule has 1 aliphatic heterocycles. The van der Waals surface area contributed by atoms with Crippen molar-refractivity contribution in [3.8, 4) is 0 Å². The maximum Gasteiger partial charge on any atom is -0.00435 e. The Kier molecular flexibility index (Phi) is 2.18. The number of piperidine rings is 1. The fraction of sp³-hybridized carbons (Fsp3) is 1.00. The van der Waals surface area contributed by atoms with E-state index < -0.39 is 0 Å². The third kappa shape index (κ3) is 2.07. The summed E-state index contributed by atoms with van der Waals surface area (Å²) in [5.74, 6) is 1.05. The number of hydrogen-bond acceptors (Lipinski definition) is 1. The van der Waals surface area contributed by atoms with Crippen molar-refractivity contribution >= 4 is 0 Å². The molecule has 1 aliphatic carbocycles. The molecule has 1 saturated carbocycles. The van der Waals surface area contributed by atoms with Crippen molar-refractivity contribution in [2.75, 3.05) is 13.1 Å². The predicted octanol–water partition coefficient (Wildman–Crippen LogP) is 2.81. The normalized spacial score (nSPS) is 32.1. The predicted molar refractivity (Wildman–Crippen MR) is 56.7 cm³/mol. The van der Waals surface area contributed by atoms with Crippen molar-refractivity contribution in [1.82, 2.24) is 5.32 Å². The van der Waals surface area contributed by atoms with E-state index in [2.05, 4.69) is 26.1 Å². The second kappa shape index (κ2) is 2.98. The van der Waals surface area contributed by atoms with E-state index in [0.717, 1.165) is 11.3 Å². The van der Waals surface area contributed by atoms with E-state index in [4.69, 9.17) is 0 Å². The summed E-state index contributed by atoms with van der Waals surface area (Å²) in [6, 6.07) is 0. The summed E-state index contributed by atoms with van der Waals surface area (Å²) in [4.78, 5) is 0. The lowest BCUT2D eigenvalue weighted by Crippen LogP contribution is -2.30. The van der Waals surface area contributed by atoms with E-state index in [1.807, 2.05) is 0 Å². The van der Waals surface area contributed by atoms with Gasteiger partial charge in [-0.2, -0.15) is 0 Å². The molecule has 0 bridgehead atoms. The highest BCUT2D eigenvalue weighted by Gasteiger charge is 2.54. The zero-order valence-corrected chi connectivity index (χ0v) is 9.32. The van der Waals surface area contributed by atoms with Crippen LogP contribution >= 0.6 is 0 Å². The summed E-state index contributed by atoms with van der Waals surface area (Å²) >= 11 is 0. The van der Waals surface area contributed by atoms with Gasteiger partial charge in [-0.25, -0.2) is 0 Å². The first-order chi connectivity index (χ1) is 6.02.